The first-order valence-electron chi connectivity index (χ1n) is 5.59. The molecule has 3 N–H and O–H groups in total. The highest BCUT2D eigenvalue weighted by molar-refractivity contribution is 6.12. The van der Waals surface area contributed by atoms with Crippen LogP contribution in [-0.4, -0.2) is 10.9 Å². The third-order valence-corrected chi connectivity index (χ3v) is 2.73. The predicted molar refractivity (Wildman–Crippen MR) is 67.4 cm³/mol. The van der Waals surface area contributed by atoms with E-state index in [0.717, 1.165) is 24.3 Å². The summed E-state index contributed by atoms with van der Waals surface area (Å²) in [6.07, 6.45) is -4.53. The molecule has 0 saturated heterocycles. The number of aromatic hydroxyl groups is 1. The number of hydrogen-bond acceptors (Lipinski definition) is 3. The van der Waals surface area contributed by atoms with Crippen LogP contribution >= 0.6 is 0 Å². The summed E-state index contributed by atoms with van der Waals surface area (Å²) in [6.45, 7) is 0. The Morgan fingerprint density at radius 3 is 2.45 bits per heavy atom. The second-order valence-electron chi connectivity index (χ2n) is 4.18. The number of rotatable bonds is 2. The van der Waals surface area contributed by atoms with E-state index in [-0.39, 0.29) is 22.6 Å². The summed E-state index contributed by atoms with van der Waals surface area (Å²) in [4.78, 5) is 12.1. The first kappa shape index (κ1) is 13.9. The molecule has 0 radical (unpaired) electrons. The van der Waals surface area contributed by atoms with Crippen molar-refractivity contribution in [1.82, 2.24) is 0 Å². The van der Waals surface area contributed by atoms with Crippen molar-refractivity contribution in [3.05, 3.63) is 59.2 Å². The van der Waals surface area contributed by atoms with Crippen LogP contribution in [0.3, 0.4) is 0 Å². The van der Waals surface area contributed by atoms with Gasteiger partial charge in [-0.05, 0) is 30.3 Å². The topological polar surface area (TPSA) is 63.3 Å². The molecule has 0 aliphatic rings. The lowest BCUT2D eigenvalue weighted by molar-refractivity contribution is -0.137. The Labute approximate surface area is 112 Å². The molecule has 20 heavy (non-hydrogen) atoms. The van der Waals surface area contributed by atoms with Crippen molar-refractivity contribution >= 4 is 11.5 Å². The van der Waals surface area contributed by atoms with Crippen molar-refractivity contribution in [3.63, 3.8) is 0 Å². The van der Waals surface area contributed by atoms with Gasteiger partial charge >= 0.3 is 6.18 Å². The molecule has 0 saturated carbocycles. The fourth-order valence-corrected chi connectivity index (χ4v) is 1.73. The Morgan fingerprint density at radius 2 is 1.80 bits per heavy atom. The minimum Gasteiger partial charge on any atom is -0.508 e. The largest absolute Gasteiger partial charge is 0.508 e. The smallest absolute Gasteiger partial charge is 0.416 e. The summed E-state index contributed by atoms with van der Waals surface area (Å²) in [5, 5.41) is 9.33. The van der Waals surface area contributed by atoms with Crippen LogP contribution in [0.5, 0.6) is 5.75 Å². The lowest BCUT2D eigenvalue weighted by Crippen LogP contribution is -2.09. The summed E-state index contributed by atoms with van der Waals surface area (Å²) >= 11 is 0. The van der Waals surface area contributed by atoms with E-state index in [9.17, 15) is 23.1 Å². The van der Waals surface area contributed by atoms with Crippen molar-refractivity contribution in [2.24, 2.45) is 0 Å². The number of phenols is 1. The molecular formula is C14H10F3NO2. The van der Waals surface area contributed by atoms with E-state index in [2.05, 4.69) is 0 Å². The molecule has 0 atom stereocenters. The molecule has 2 rings (SSSR count). The van der Waals surface area contributed by atoms with Crippen molar-refractivity contribution in [1.29, 1.82) is 0 Å². The SMILES string of the molecule is Nc1ccc(O)cc1C(=O)c1cccc(C(F)(F)F)c1. The molecule has 3 nitrogen and oxygen atoms in total. The third kappa shape index (κ3) is 2.74. The lowest BCUT2D eigenvalue weighted by Gasteiger charge is -2.09. The molecule has 0 aliphatic heterocycles. The highest BCUT2D eigenvalue weighted by Gasteiger charge is 2.31. The number of phenolic OH excluding ortho intramolecular Hbond substituents is 1. The zero-order valence-corrected chi connectivity index (χ0v) is 10.1. The molecule has 0 unspecified atom stereocenters. The Kier molecular flexibility index (Phi) is 3.40. The Bertz CT molecular complexity index is 666. The second-order valence-corrected chi connectivity index (χ2v) is 4.18. The molecule has 0 aliphatic carbocycles. The minimum absolute atomic E-state index is 0.0377. The maximum absolute atomic E-state index is 12.6. The number of anilines is 1. The average molecular weight is 281 g/mol. The van der Waals surface area contributed by atoms with Crippen LogP contribution in [0.25, 0.3) is 0 Å². The van der Waals surface area contributed by atoms with E-state index in [1.165, 1.54) is 18.2 Å². The molecular weight excluding hydrogens is 271 g/mol. The van der Waals surface area contributed by atoms with Gasteiger partial charge < -0.3 is 10.8 Å². The molecule has 0 fully saturated rings. The molecule has 6 heteroatoms. The van der Waals surface area contributed by atoms with Crippen molar-refractivity contribution in [3.8, 4) is 5.75 Å². The normalized spacial score (nSPS) is 11.3. The van der Waals surface area contributed by atoms with Gasteiger partial charge in [-0.3, -0.25) is 4.79 Å². The summed E-state index contributed by atoms with van der Waals surface area (Å²) in [7, 11) is 0. The number of ketones is 1. The van der Waals surface area contributed by atoms with Gasteiger partial charge in [-0.2, -0.15) is 13.2 Å². The van der Waals surface area contributed by atoms with Gasteiger partial charge in [0.25, 0.3) is 0 Å². The van der Waals surface area contributed by atoms with Crippen molar-refractivity contribution in [2.45, 2.75) is 6.18 Å². The number of alkyl halides is 3. The van der Waals surface area contributed by atoms with E-state index < -0.39 is 17.5 Å². The second kappa shape index (κ2) is 4.88. The summed E-state index contributed by atoms with van der Waals surface area (Å²) in [5.74, 6) is -0.862. The molecule has 104 valence electrons. The Hall–Kier alpha value is -2.50. The van der Waals surface area contributed by atoms with E-state index >= 15 is 0 Å². The van der Waals surface area contributed by atoms with Crippen LogP contribution in [0.1, 0.15) is 21.5 Å². The van der Waals surface area contributed by atoms with Gasteiger partial charge in [-0.25, -0.2) is 0 Å². The molecule has 2 aromatic carbocycles. The fraction of sp³-hybridized carbons (Fsp3) is 0.0714. The highest BCUT2D eigenvalue weighted by atomic mass is 19.4. The third-order valence-electron chi connectivity index (χ3n) is 2.73. The van der Waals surface area contributed by atoms with Gasteiger partial charge in [0, 0.05) is 16.8 Å². The first-order valence-corrected chi connectivity index (χ1v) is 5.59. The highest BCUT2D eigenvalue weighted by Crippen LogP contribution is 2.30. The summed E-state index contributed by atoms with van der Waals surface area (Å²) in [6, 6.07) is 7.77. The molecule has 2 aromatic rings. The van der Waals surface area contributed by atoms with Crippen LogP contribution in [0.4, 0.5) is 18.9 Å². The van der Waals surface area contributed by atoms with Crippen LogP contribution in [0, 0.1) is 0 Å². The van der Waals surface area contributed by atoms with Crippen molar-refractivity contribution < 1.29 is 23.1 Å². The number of halogens is 3. The van der Waals surface area contributed by atoms with Crippen LogP contribution in [0.2, 0.25) is 0 Å². The number of nitrogen functional groups attached to an aromatic ring is 1. The van der Waals surface area contributed by atoms with Crippen LogP contribution in [0.15, 0.2) is 42.5 Å². The molecule has 0 spiro atoms. The fourth-order valence-electron chi connectivity index (χ4n) is 1.73. The maximum atomic E-state index is 12.6. The Morgan fingerprint density at radius 1 is 1.10 bits per heavy atom. The van der Waals surface area contributed by atoms with Crippen LogP contribution < -0.4 is 5.73 Å². The first-order chi connectivity index (χ1) is 9.29. The van der Waals surface area contributed by atoms with Crippen molar-refractivity contribution in [2.75, 3.05) is 5.73 Å². The average Bonchev–Trinajstić information content (AvgIpc) is 2.40. The zero-order chi connectivity index (χ0) is 14.9. The molecule has 0 heterocycles. The van der Waals surface area contributed by atoms with Gasteiger partial charge in [-0.1, -0.05) is 12.1 Å². The summed E-state index contributed by atoms with van der Waals surface area (Å²) in [5.41, 5.74) is 4.59. The number of carbonyl (C=O) groups excluding carboxylic acids is 1. The van der Waals surface area contributed by atoms with Gasteiger partial charge in [0.15, 0.2) is 5.78 Å². The summed E-state index contributed by atoms with van der Waals surface area (Å²) < 4.78 is 37.8. The minimum atomic E-state index is -4.53. The van der Waals surface area contributed by atoms with E-state index in [0.29, 0.717) is 0 Å². The molecule has 0 amide bonds. The lowest BCUT2D eigenvalue weighted by atomic mass is 9.99. The predicted octanol–water partition coefficient (Wildman–Crippen LogP) is 3.22. The standard InChI is InChI=1S/C14H10F3NO2/c15-14(16,17)9-3-1-2-8(6-9)13(20)11-7-10(19)4-5-12(11)18/h1-7,19H,18H2. The van der Waals surface area contributed by atoms with Gasteiger partial charge in [0.1, 0.15) is 5.75 Å². The van der Waals surface area contributed by atoms with E-state index in [1.54, 1.807) is 0 Å². The van der Waals surface area contributed by atoms with E-state index in [1.807, 2.05) is 0 Å². The van der Waals surface area contributed by atoms with Crippen LogP contribution in [-0.2, 0) is 6.18 Å². The number of hydrogen-bond donors (Lipinski definition) is 2. The van der Waals surface area contributed by atoms with Gasteiger partial charge in [0.05, 0.1) is 5.56 Å². The maximum Gasteiger partial charge on any atom is 0.416 e. The molecule has 0 aromatic heterocycles. The molecule has 0 bridgehead atoms. The monoisotopic (exact) mass is 281 g/mol. The van der Waals surface area contributed by atoms with Gasteiger partial charge in [-0.15, -0.1) is 0 Å². The number of nitrogens with two attached hydrogens (primary N) is 1. The van der Waals surface area contributed by atoms with E-state index in [4.69, 9.17) is 5.73 Å². The quantitative estimate of drug-likeness (QED) is 0.504. The Balaban J connectivity index is 2.46. The zero-order valence-electron chi connectivity index (χ0n) is 10.1. The number of benzene rings is 2. The number of carbonyl (C=O) groups is 1. The van der Waals surface area contributed by atoms with Gasteiger partial charge in [0.2, 0.25) is 0 Å².